The third kappa shape index (κ3) is 5.36. The van der Waals surface area contributed by atoms with E-state index in [1.54, 1.807) is 35.5 Å². The molecule has 0 radical (unpaired) electrons. The van der Waals surface area contributed by atoms with Crippen LogP contribution in [0.5, 0.6) is 5.75 Å². The number of likely N-dealkylation sites (N-methyl/N-ethyl adjacent to an activating group) is 1. The van der Waals surface area contributed by atoms with Crippen molar-refractivity contribution in [1.82, 2.24) is 34.4 Å². The van der Waals surface area contributed by atoms with E-state index in [1.807, 2.05) is 29.6 Å². The number of fused-ring (bicyclic) bond motifs is 5. The van der Waals surface area contributed by atoms with Crippen LogP contribution in [-0.4, -0.2) is 67.6 Å². The first-order valence-electron chi connectivity index (χ1n) is 12.2. The molecule has 0 spiro atoms. The topological polar surface area (TPSA) is 103 Å². The number of rotatable bonds is 4. The van der Waals surface area contributed by atoms with Crippen molar-refractivity contribution in [3.63, 3.8) is 0 Å². The average Bonchev–Trinajstić information content (AvgIpc) is 3.55. The third-order valence-electron chi connectivity index (χ3n) is 6.33. The number of amides is 1. The van der Waals surface area contributed by atoms with Crippen molar-refractivity contribution in [1.29, 1.82) is 0 Å². The Labute approximate surface area is 214 Å². The third-order valence-corrected chi connectivity index (χ3v) is 6.33. The van der Waals surface area contributed by atoms with Gasteiger partial charge < -0.3 is 19.5 Å². The minimum Gasteiger partial charge on any atom is -0.493 e. The summed E-state index contributed by atoms with van der Waals surface area (Å²) < 4.78 is 24.9. The van der Waals surface area contributed by atoms with E-state index < -0.39 is 11.7 Å². The molecule has 11 heteroatoms. The van der Waals surface area contributed by atoms with E-state index in [1.165, 1.54) is 12.1 Å². The summed E-state index contributed by atoms with van der Waals surface area (Å²) in [6.45, 7) is 3.86. The predicted octanol–water partition coefficient (Wildman–Crippen LogP) is 3.89. The van der Waals surface area contributed by atoms with Gasteiger partial charge in [-0.25, -0.2) is 9.37 Å². The van der Waals surface area contributed by atoms with E-state index in [0.717, 1.165) is 13.0 Å². The number of aromatic nitrogens is 6. The quantitative estimate of drug-likeness (QED) is 0.450. The standard InChI is InChI=1S/C26H29FN8O2/c1-17-6-5-11-37-23-13-21(27)19(18-14-29-34(15-18)10-9-33(2)3)12-20(23)26(36)31-24-8-4-7-22(30-24)25-32-28-16-35(17)25/h4,7-8,12-17H,5-6,9-11H2,1-3H3,(H,30,31,36). The highest BCUT2D eigenvalue weighted by atomic mass is 19.1. The zero-order valence-corrected chi connectivity index (χ0v) is 21.1. The SMILES string of the molecule is CC1CCCOc2cc(F)c(-c3cnn(CCN(C)C)c3)cc2C(=O)Nc2cccc(n2)-c2nncn21. The second-order valence-corrected chi connectivity index (χ2v) is 9.39. The fourth-order valence-corrected chi connectivity index (χ4v) is 4.26. The van der Waals surface area contributed by atoms with E-state index in [9.17, 15) is 4.79 Å². The Morgan fingerprint density at radius 3 is 2.95 bits per heavy atom. The van der Waals surface area contributed by atoms with Gasteiger partial charge in [0, 0.05) is 36.0 Å². The van der Waals surface area contributed by atoms with Crippen molar-refractivity contribution in [2.45, 2.75) is 32.4 Å². The normalized spacial score (nSPS) is 15.9. The Morgan fingerprint density at radius 1 is 1.24 bits per heavy atom. The first kappa shape index (κ1) is 24.6. The van der Waals surface area contributed by atoms with Crippen LogP contribution in [0.2, 0.25) is 0 Å². The molecule has 4 aromatic rings. The predicted molar refractivity (Wildman–Crippen MR) is 137 cm³/mol. The summed E-state index contributed by atoms with van der Waals surface area (Å²) >= 11 is 0. The molecule has 5 rings (SSSR count). The molecule has 1 aliphatic rings. The molecule has 10 nitrogen and oxygen atoms in total. The molecular formula is C26H29FN8O2. The largest absolute Gasteiger partial charge is 0.493 e. The highest BCUT2D eigenvalue weighted by Crippen LogP contribution is 2.31. The van der Waals surface area contributed by atoms with Crippen molar-refractivity contribution in [3.8, 4) is 28.4 Å². The summed E-state index contributed by atoms with van der Waals surface area (Å²) in [6.07, 6.45) is 6.52. The number of pyridine rings is 1. The van der Waals surface area contributed by atoms with Crippen LogP contribution in [0.3, 0.4) is 0 Å². The van der Waals surface area contributed by atoms with Gasteiger partial charge in [0.1, 0.15) is 29.4 Å². The lowest BCUT2D eigenvalue weighted by Crippen LogP contribution is -2.18. The van der Waals surface area contributed by atoms with Gasteiger partial charge in [-0.3, -0.25) is 9.48 Å². The maximum Gasteiger partial charge on any atom is 0.260 e. The molecule has 0 saturated heterocycles. The van der Waals surface area contributed by atoms with Crippen LogP contribution in [0.25, 0.3) is 22.6 Å². The Kier molecular flexibility index (Phi) is 6.95. The van der Waals surface area contributed by atoms with E-state index in [2.05, 4.69) is 32.5 Å². The first-order valence-corrected chi connectivity index (χ1v) is 12.2. The lowest BCUT2D eigenvalue weighted by atomic mass is 10.0. The minimum absolute atomic E-state index is 0.0965. The van der Waals surface area contributed by atoms with E-state index >= 15 is 4.39 Å². The second kappa shape index (κ2) is 10.5. The summed E-state index contributed by atoms with van der Waals surface area (Å²) in [5, 5.41) is 15.5. The van der Waals surface area contributed by atoms with Gasteiger partial charge in [0.15, 0.2) is 5.82 Å². The number of halogens is 1. The Morgan fingerprint density at radius 2 is 2.11 bits per heavy atom. The van der Waals surface area contributed by atoms with Crippen molar-refractivity contribution >= 4 is 11.7 Å². The Bertz CT molecular complexity index is 1410. The van der Waals surface area contributed by atoms with Gasteiger partial charge in [-0.15, -0.1) is 10.2 Å². The fourth-order valence-electron chi connectivity index (χ4n) is 4.26. The van der Waals surface area contributed by atoms with Crippen molar-refractivity contribution in [2.24, 2.45) is 0 Å². The molecule has 1 aliphatic heterocycles. The molecule has 3 aromatic heterocycles. The van der Waals surface area contributed by atoms with Gasteiger partial charge in [0.25, 0.3) is 5.91 Å². The minimum atomic E-state index is -0.484. The number of benzene rings is 1. The molecule has 1 unspecified atom stereocenters. The lowest BCUT2D eigenvalue weighted by Gasteiger charge is -2.18. The molecule has 0 saturated carbocycles. The Hall–Kier alpha value is -4.12. The van der Waals surface area contributed by atoms with Gasteiger partial charge >= 0.3 is 0 Å². The molecule has 2 bridgehead atoms. The highest BCUT2D eigenvalue weighted by Gasteiger charge is 2.21. The molecule has 1 amide bonds. The molecule has 4 heterocycles. The molecule has 1 atom stereocenters. The smallest absolute Gasteiger partial charge is 0.260 e. The monoisotopic (exact) mass is 504 g/mol. The van der Waals surface area contributed by atoms with Crippen molar-refractivity contribution in [2.75, 3.05) is 32.6 Å². The average molecular weight is 505 g/mol. The van der Waals surface area contributed by atoms with Gasteiger partial charge in [-0.1, -0.05) is 6.07 Å². The molecule has 0 fully saturated rings. The zero-order chi connectivity index (χ0) is 25.9. The number of carbonyl (C=O) groups is 1. The molecule has 1 aromatic carbocycles. The second-order valence-electron chi connectivity index (χ2n) is 9.39. The van der Waals surface area contributed by atoms with Crippen LogP contribution in [0.1, 0.15) is 36.2 Å². The summed E-state index contributed by atoms with van der Waals surface area (Å²) in [5.41, 5.74) is 1.68. The molecule has 1 N–H and O–H groups in total. The van der Waals surface area contributed by atoms with Crippen LogP contribution in [0.15, 0.2) is 49.1 Å². The van der Waals surface area contributed by atoms with Crippen molar-refractivity contribution in [3.05, 3.63) is 60.4 Å². The summed E-state index contributed by atoms with van der Waals surface area (Å²) in [5.74, 6) is 0.215. The summed E-state index contributed by atoms with van der Waals surface area (Å²) in [6, 6.07) is 8.20. The fraction of sp³-hybridized carbons (Fsp3) is 0.346. The van der Waals surface area contributed by atoms with Crippen LogP contribution in [0.4, 0.5) is 10.2 Å². The molecule has 37 heavy (non-hydrogen) atoms. The number of nitrogens with zero attached hydrogens (tertiary/aromatic N) is 7. The molecule has 0 aliphatic carbocycles. The number of nitrogens with one attached hydrogen (secondary N) is 1. The summed E-state index contributed by atoms with van der Waals surface area (Å²) in [4.78, 5) is 20.0. The van der Waals surface area contributed by atoms with Crippen LogP contribution < -0.4 is 10.1 Å². The molecular weight excluding hydrogens is 475 g/mol. The van der Waals surface area contributed by atoms with E-state index in [0.29, 0.717) is 42.5 Å². The van der Waals surface area contributed by atoms with E-state index in [-0.39, 0.29) is 22.9 Å². The zero-order valence-electron chi connectivity index (χ0n) is 21.1. The van der Waals surface area contributed by atoms with Gasteiger partial charge in [-0.2, -0.15) is 5.10 Å². The summed E-state index contributed by atoms with van der Waals surface area (Å²) in [7, 11) is 3.96. The van der Waals surface area contributed by atoms with E-state index in [4.69, 9.17) is 4.74 Å². The number of hydrogen-bond acceptors (Lipinski definition) is 7. The number of hydrogen-bond donors (Lipinski definition) is 1. The maximum atomic E-state index is 15.3. The van der Waals surface area contributed by atoms with Crippen LogP contribution in [-0.2, 0) is 6.54 Å². The van der Waals surface area contributed by atoms with Gasteiger partial charge in [-0.05, 0) is 52.1 Å². The number of carbonyl (C=O) groups excluding carboxylic acids is 1. The van der Waals surface area contributed by atoms with Crippen molar-refractivity contribution < 1.29 is 13.9 Å². The number of ether oxygens (including phenoxy) is 1. The molecule has 192 valence electrons. The number of anilines is 1. The van der Waals surface area contributed by atoms with Crippen LogP contribution >= 0.6 is 0 Å². The van der Waals surface area contributed by atoms with Gasteiger partial charge in [0.2, 0.25) is 0 Å². The highest BCUT2D eigenvalue weighted by molar-refractivity contribution is 6.06. The lowest BCUT2D eigenvalue weighted by molar-refractivity contribution is 0.102. The Balaban J connectivity index is 1.51. The van der Waals surface area contributed by atoms with Gasteiger partial charge in [0.05, 0.1) is 24.9 Å². The maximum absolute atomic E-state index is 15.3. The first-order chi connectivity index (χ1) is 17.9. The van der Waals surface area contributed by atoms with Crippen LogP contribution in [0, 0.1) is 5.82 Å².